The Morgan fingerprint density at radius 3 is 2.80 bits per heavy atom. The van der Waals surface area contributed by atoms with Crippen LogP contribution in [0.2, 0.25) is 0 Å². The monoisotopic (exact) mass is 405 g/mol. The highest BCUT2D eigenvalue weighted by Crippen LogP contribution is 2.45. The van der Waals surface area contributed by atoms with Gasteiger partial charge >= 0.3 is 0 Å². The molecule has 0 unspecified atom stereocenters. The van der Waals surface area contributed by atoms with Crippen molar-refractivity contribution >= 4 is 22.6 Å². The van der Waals surface area contributed by atoms with E-state index in [1.807, 2.05) is 36.1 Å². The molecule has 2 saturated carbocycles. The van der Waals surface area contributed by atoms with Crippen LogP contribution >= 0.6 is 0 Å². The number of pyridine rings is 1. The number of nitrogens with zero attached hydrogens (tertiary/aromatic N) is 6. The Morgan fingerprint density at radius 2 is 2.03 bits per heavy atom. The summed E-state index contributed by atoms with van der Waals surface area (Å²) in [7, 11) is 0. The van der Waals surface area contributed by atoms with E-state index in [0.29, 0.717) is 24.4 Å². The third-order valence-corrected chi connectivity index (χ3v) is 6.38. The zero-order chi connectivity index (χ0) is 20.5. The van der Waals surface area contributed by atoms with Crippen LogP contribution in [-0.4, -0.2) is 41.3 Å². The number of anilines is 1. The lowest BCUT2D eigenvalue weighted by molar-refractivity contribution is 0.0330. The van der Waals surface area contributed by atoms with Gasteiger partial charge in [0.2, 0.25) is 5.95 Å². The highest BCUT2D eigenvalue weighted by atomic mass is 19.1. The molecule has 0 amide bonds. The van der Waals surface area contributed by atoms with Crippen molar-refractivity contribution < 1.29 is 4.39 Å². The van der Waals surface area contributed by atoms with E-state index in [4.69, 9.17) is 0 Å². The number of hydrogen-bond acceptors (Lipinski definition) is 5. The molecule has 0 radical (unpaired) electrons. The van der Waals surface area contributed by atoms with Crippen molar-refractivity contribution in [2.45, 2.75) is 51.2 Å². The lowest BCUT2D eigenvalue weighted by atomic mass is 9.78. The van der Waals surface area contributed by atoms with Crippen LogP contribution in [0.15, 0.2) is 30.7 Å². The van der Waals surface area contributed by atoms with Crippen molar-refractivity contribution in [2.75, 3.05) is 11.9 Å². The van der Waals surface area contributed by atoms with E-state index >= 15 is 0 Å². The highest BCUT2D eigenvalue weighted by molar-refractivity contribution is 5.85. The van der Waals surface area contributed by atoms with Gasteiger partial charge < -0.3 is 9.88 Å². The zero-order valence-corrected chi connectivity index (χ0v) is 17.1. The number of imidazole rings is 1. The summed E-state index contributed by atoms with van der Waals surface area (Å²) in [5.41, 5.74) is 3.50. The number of aromatic nitrogens is 6. The fourth-order valence-electron chi connectivity index (χ4n) is 4.59. The number of fused-ring (bicyclic) bond motifs is 2. The van der Waals surface area contributed by atoms with Crippen molar-refractivity contribution in [3.8, 4) is 11.1 Å². The van der Waals surface area contributed by atoms with Gasteiger partial charge in [-0.25, -0.2) is 23.9 Å². The van der Waals surface area contributed by atoms with Gasteiger partial charge in [-0.1, -0.05) is 0 Å². The molecule has 2 aliphatic carbocycles. The SMILES string of the molecule is Cc1nc2ncc(-c3ccn4nc(NCC5CC5)ncc34)cc2n1C1CC(C)(F)C1. The standard InChI is InChI=1S/C22H24FN7/c1-13-27-20-18(30(13)16-8-22(2,23)9-16)7-15(11-24-20)17-5-6-29-19(17)12-26-21(28-29)25-10-14-3-4-14/h5-7,11-12,14,16H,3-4,8-10H2,1-2H3,(H,25,28). The van der Waals surface area contributed by atoms with Gasteiger partial charge in [0, 0.05) is 48.9 Å². The molecule has 4 heterocycles. The Hall–Kier alpha value is -3.03. The van der Waals surface area contributed by atoms with E-state index in [1.165, 1.54) is 12.8 Å². The molecule has 0 bridgehead atoms. The van der Waals surface area contributed by atoms with Crippen molar-refractivity contribution in [2.24, 2.45) is 5.92 Å². The van der Waals surface area contributed by atoms with Gasteiger partial charge in [-0.2, -0.15) is 0 Å². The summed E-state index contributed by atoms with van der Waals surface area (Å²) in [6.45, 7) is 4.57. The van der Waals surface area contributed by atoms with Gasteiger partial charge in [0.25, 0.3) is 0 Å². The molecule has 4 aromatic rings. The van der Waals surface area contributed by atoms with Gasteiger partial charge in [0.1, 0.15) is 11.5 Å². The molecule has 0 spiro atoms. The summed E-state index contributed by atoms with van der Waals surface area (Å²) in [4.78, 5) is 13.7. The second-order valence-electron chi connectivity index (χ2n) is 9.04. The van der Waals surface area contributed by atoms with E-state index in [9.17, 15) is 4.39 Å². The van der Waals surface area contributed by atoms with Crippen LogP contribution in [0.5, 0.6) is 0 Å². The molecule has 0 aromatic carbocycles. The van der Waals surface area contributed by atoms with Crippen LogP contribution in [-0.2, 0) is 0 Å². The van der Waals surface area contributed by atoms with Gasteiger partial charge in [-0.3, -0.25) is 0 Å². The maximum atomic E-state index is 14.1. The molecule has 0 atom stereocenters. The maximum Gasteiger partial charge on any atom is 0.241 e. The normalized spacial score (nSPS) is 23.8. The Morgan fingerprint density at radius 1 is 1.20 bits per heavy atom. The number of hydrogen-bond donors (Lipinski definition) is 1. The van der Waals surface area contributed by atoms with Crippen LogP contribution in [0.1, 0.15) is 44.5 Å². The molecule has 4 aromatic heterocycles. The van der Waals surface area contributed by atoms with Crippen LogP contribution < -0.4 is 5.32 Å². The number of halogens is 1. The lowest BCUT2D eigenvalue weighted by Gasteiger charge is -2.40. The molecule has 0 aliphatic heterocycles. The number of alkyl halides is 1. The number of rotatable bonds is 5. The van der Waals surface area contributed by atoms with Crippen molar-refractivity contribution in [3.05, 3.63) is 36.5 Å². The molecular weight excluding hydrogens is 381 g/mol. The summed E-state index contributed by atoms with van der Waals surface area (Å²) in [6, 6.07) is 4.27. The maximum absolute atomic E-state index is 14.1. The van der Waals surface area contributed by atoms with Crippen molar-refractivity contribution in [1.29, 1.82) is 0 Å². The van der Waals surface area contributed by atoms with Gasteiger partial charge in [-0.15, -0.1) is 5.10 Å². The Kier molecular flexibility index (Phi) is 3.70. The minimum absolute atomic E-state index is 0.135. The van der Waals surface area contributed by atoms with E-state index < -0.39 is 5.67 Å². The fraction of sp³-hybridized carbons (Fsp3) is 0.455. The smallest absolute Gasteiger partial charge is 0.241 e. The van der Waals surface area contributed by atoms with Gasteiger partial charge in [0.15, 0.2) is 5.65 Å². The third kappa shape index (κ3) is 2.93. The first-order chi connectivity index (χ1) is 14.5. The minimum Gasteiger partial charge on any atom is -0.353 e. The number of aryl methyl sites for hydroxylation is 1. The zero-order valence-electron chi connectivity index (χ0n) is 17.1. The van der Waals surface area contributed by atoms with E-state index in [-0.39, 0.29) is 6.04 Å². The largest absolute Gasteiger partial charge is 0.353 e. The molecule has 1 N–H and O–H groups in total. The average molecular weight is 405 g/mol. The van der Waals surface area contributed by atoms with Gasteiger partial charge in [0.05, 0.1) is 17.2 Å². The average Bonchev–Trinajstić information content (AvgIpc) is 3.34. The van der Waals surface area contributed by atoms with Crippen LogP contribution in [0.3, 0.4) is 0 Å². The molecule has 8 heteroatoms. The Labute approximate surface area is 173 Å². The summed E-state index contributed by atoms with van der Waals surface area (Å²) in [5.74, 6) is 2.30. The lowest BCUT2D eigenvalue weighted by Crippen LogP contribution is -2.38. The first-order valence-electron chi connectivity index (χ1n) is 10.6. The molecule has 30 heavy (non-hydrogen) atoms. The first-order valence-corrected chi connectivity index (χ1v) is 10.6. The quantitative estimate of drug-likeness (QED) is 0.535. The predicted octanol–water partition coefficient (Wildman–Crippen LogP) is 4.33. The Bertz CT molecular complexity index is 1260. The summed E-state index contributed by atoms with van der Waals surface area (Å²) in [5, 5.41) is 7.90. The van der Waals surface area contributed by atoms with E-state index in [0.717, 1.165) is 40.4 Å². The van der Waals surface area contributed by atoms with Crippen LogP contribution in [0.4, 0.5) is 10.3 Å². The second-order valence-corrected chi connectivity index (χ2v) is 9.04. The topological polar surface area (TPSA) is 72.9 Å². The fourth-order valence-corrected chi connectivity index (χ4v) is 4.59. The van der Waals surface area contributed by atoms with Crippen molar-refractivity contribution in [3.63, 3.8) is 0 Å². The van der Waals surface area contributed by atoms with Gasteiger partial charge in [-0.05, 0) is 44.7 Å². The van der Waals surface area contributed by atoms with E-state index in [1.54, 1.807) is 6.92 Å². The predicted molar refractivity (Wildman–Crippen MR) is 113 cm³/mol. The molecule has 2 aliphatic rings. The highest BCUT2D eigenvalue weighted by Gasteiger charge is 2.42. The third-order valence-electron chi connectivity index (χ3n) is 6.38. The van der Waals surface area contributed by atoms with Crippen LogP contribution in [0.25, 0.3) is 27.8 Å². The molecule has 7 nitrogen and oxygen atoms in total. The Balaban J connectivity index is 1.37. The molecule has 6 rings (SSSR count). The first kappa shape index (κ1) is 17.8. The van der Waals surface area contributed by atoms with E-state index in [2.05, 4.69) is 36.0 Å². The summed E-state index contributed by atoms with van der Waals surface area (Å²) in [6.07, 6.45) is 9.26. The molecule has 0 saturated heterocycles. The summed E-state index contributed by atoms with van der Waals surface area (Å²) >= 11 is 0. The molecule has 2 fully saturated rings. The van der Waals surface area contributed by atoms with Crippen LogP contribution in [0, 0.1) is 12.8 Å². The minimum atomic E-state index is -1.08. The summed E-state index contributed by atoms with van der Waals surface area (Å²) < 4.78 is 18.1. The van der Waals surface area contributed by atoms with Crippen molar-refractivity contribution in [1.82, 2.24) is 29.1 Å². The molecule has 154 valence electrons. The molecular formula is C22H24FN7. The second kappa shape index (κ2) is 6.23. The number of nitrogens with one attached hydrogen (secondary N) is 1.